The Bertz CT molecular complexity index is 158. The molecule has 2 saturated carbocycles. The summed E-state index contributed by atoms with van der Waals surface area (Å²) in [5.41, 5.74) is 0.500. The number of rotatable bonds is 1. The zero-order chi connectivity index (χ0) is 7.73. The van der Waals surface area contributed by atoms with Gasteiger partial charge in [0, 0.05) is 5.92 Å². The molecule has 0 amide bonds. The predicted octanol–water partition coefficient (Wildman–Crippen LogP) is 2.55. The molecule has 0 aromatic carbocycles. The summed E-state index contributed by atoms with van der Waals surface area (Å²) in [5, 5.41) is 0. The molecule has 1 unspecified atom stereocenters. The van der Waals surface area contributed by atoms with Gasteiger partial charge in [0.05, 0.1) is 0 Å². The monoisotopic (exact) mass is 152 g/mol. The maximum absolute atomic E-state index is 10.8. The normalized spacial score (nSPS) is 34.7. The van der Waals surface area contributed by atoms with Crippen LogP contribution in [-0.2, 0) is 4.79 Å². The second kappa shape index (κ2) is 2.62. The van der Waals surface area contributed by atoms with Crippen LogP contribution in [0.25, 0.3) is 0 Å². The van der Waals surface area contributed by atoms with E-state index in [4.69, 9.17) is 0 Å². The first-order chi connectivity index (χ1) is 5.37. The molecule has 0 aromatic rings. The third-order valence-electron chi connectivity index (χ3n) is 3.74. The third-order valence-corrected chi connectivity index (χ3v) is 3.74. The van der Waals surface area contributed by atoms with Crippen LogP contribution in [0.2, 0.25) is 0 Å². The molecule has 11 heavy (non-hydrogen) atoms. The Morgan fingerprint density at radius 3 is 2.27 bits per heavy atom. The van der Waals surface area contributed by atoms with E-state index >= 15 is 0 Å². The van der Waals surface area contributed by atoms with E-state index in [-0.39, 0.29) is 0 Å². The highest BCUT2D eigenvalue weighted by Crippen LogP contribution is 2.54. The molecule has 1 atom stereocenters. The van der Waals surface area contributed by atoms with Gasteiger partial charge in [0.15, 0.2) is 0 Å². The molecule has 2 fully saturated rings. The van der Waals surface area contributed by atoms with E-state index in [1.54, 1.807) is 0 Å². The lowest BCUT2D eigenvalue weighted by molar-refractivity contribution is -0.120. The molecule has 1 spiro atoms. The van der Waals surface area contributed by atoms with Crippen LogP contribution < -0.4 is 0 Å². The van der Waals surface area contributed by atoms with Crippen molar-refractivity contribution >= 4 is 6.29 Å². The first kappa shape index (κ1) is 7.33. The molecule has 2 aliphatic rings. The summed E-state index contributed by atoms with van der Waals surface area (Å²) in [6, 6.07) is 0. The molecule has 62 valence electrons. The lowest BCUT2D eigenvalue weighted by Gasteiger charge is -2.48. The van der Waals surface area contributed by atoms with Gasteiger partial charge in [-0.15, -0.1) is 0 Å². The largest absolute Gasteiger partial charge is 0.303 e. The average Bonchev–Trinajstić information content (AvgIpc) is 2.01. The first-order valence-corrected chi connectivity index (χ1v) is 4.83. The second-order valence-corrected chi connectivity index (χ2v) is 4.20. The fraction of sp³-hybridized carbons (Fsp3) is 0.900. The Labute approximate surface area is 68.2 Å². The first-order valence-electron chi connectivity index (χ1n) is 4.83. The van der Waals surface area contributed by atoms with E-state index in [9.17, 15) is 4.79 Å². The fourth-order valence-electron chi connectivity index (χ4n) is 2.80. The quantitative estimate of drug-likeness (QED) is 0.528. The van der Waals surface area contributed by atoms with Crippen molar-refractivity contribution in [2.75, 3.05) is 0 Å². The van der Waals surface area contributed by atoms with Gasteiger partial charge in [0.1, 0.15) is 6.29 Å². The summed E-state index contributed by atoms with van der Waals surface area (Å²) in [7, 11) is 0. The van der Waals surface area contributed by atoms with Crippen LogP contribution in [0.5, 0.6) is 0 Å². The number of carbonyl (C=O) groups excluding carboxylic acids is 1. The van der Waals surface area contributed by atoms with Crippen molar-refractivity contribution in [3.63, 3.8) is 0 Å². The van der Waals surface area contributed by atoms with Gasteiger partial charge in [0.25, 0.3) is 0 Å². The summed E-state index contributed by atoms with van der Waals surface area (Å²) in [5.74, 6) is 0.421. The molecule has 0 radical (unpaired) electrons. The van der Waals surface area contributed by atoms with Crippen molar-refractivity contribution in [1.82, 2.24) is 0 Å². The topological polar surface area (TPSA) is 17.1 Å². The zero-order valence-electron chi connectivity index (χ0n) is 7.01. The Balaban J connectivity index is 2.08. The minimum atomic E-state index is 0.421. The van der Waals surface area contributed by atoms with E-state index in [2.05, 4.69) is 0 Å². The molecule has 1 nitrogen and oxygen atoms in total. The van der Waals surface area contributed by atoms with E-state index < -0.39 is 0 Å². The SMILES string of the molecule is O=CC1CCCCC12CCC2. The second-order valence-electron chi connectivity index (χ2n) is 4.20. The Kier molecular flexibility index (Phi) is 1.74. The molecule has 0 N–H and O–H groups in total. The number of hydrogen-bond acceptors (Lipinski definition) is 1. The lowest BCUT2D eigenvalue weighted by Crippen LogP contribution is -2.40. The van der Waals surface area contributed by atoms with Crippen molar-refractivity contribution in [2.24, 2.45) is 11.3 Å². The maximum atomic E-state index is 10.8. The molecule has 0 saturated heterocycles. The van der Waals surface area contributed by atoms with Crippen LogP contribution in [0.1, 0.15) is 44.9 Å². The van der Waals surface area contributed by atoms with Crippen LogP contribution in [0, 0.1) is 11.3 Å². The summed E-state index contributed by atoms with van der Waals surface area (Å²) < 4.78 is 0. The van der Waals surface area contributed by atoms with Gasteiger partial charge in [-0.25, -0.2) is 0 Å². The van der Waals surface area contributed by atoms with Crippen molar-refractivity contribution in [3.8, 4) is 0 Å². The highest BCUT2D eigenvalue weighted by atomic mass is 16.1. The van der Waals surface area contributed by atoms with E-state index in [1.165, 1.54) is 51.2 Å². The fourth-order valence-corrected chi connectivity index (χ4v) is 2.80. The summed E-state index contributed by atoms with van der Waals surface area (Å²) in [6.45, 7) is 0. The summed E-state index contributed by atoms with van der Waals surface area (Å²) in [4.78, 5) is 10.8. The molecule has 0 bridgehead atoms. The Morgan fingerprint density at radius 2 is 1.82 bits per heavy atom. The number of hydrogen-bond donors (Lipinski definition) is 0. The van der Waals surface area contributed by atoms with E-state index in [1.807, 2.05) is 0 Å². The summed E-state index contributed by atoms with van der Waals surface area (Å²) >= 11 is 0. The van der Waals surface area contributed by atoms with Gasteiger partial charge in [-0.2, -0.15) is 0 Å². The minimum Gasteiger partial charge on any atom is -0.303 e. The lowest BCUT2D eigenvalue weighted by atomic mass is 9.56. The standard InChI is InChI=1S/C10H16O/c11-8-9-4-1-2-5-10(9)6-3-7-10/h8-9H,1-7H2. The van der Waals surface area contributed by atoms with Crippen LogP contribution in [0.15, 0.2) is 0 Å². The summed E-state index contributed by atoms with van der Waals surface area (Å²) in [6.07, 6.45) is 10.4. The van der Waals surface area contributed by atoms with Gasteiger partial charge in [-0.05, 0) is 31.1 Å². The van der Waals surface area contributed by atoms with Gasteiger partial charge in [-0.3, -0.25) is 0 Å². The Morgan fingerprint density at radius 1 is 1.09 bits per heavy atom. The number of aldehydes is 1. The van der Waals surface area contributed by atoms with Gasteiger partial charge >= 0.3 is 0 Å². The molecule has 0 aliphatic heterocycles. The van der Waals surface area contributed by atoms with Crippen LogP contribution in [0.3, 0.4) is 0 Å². The van der Waals surface area contributed by atoms with Gasteiger partial charge in [0.2, 0.25) is 0 Å². The molecule has 2 aliphatic carbocycles. The highest BCUT2D eigenvalue weighted by molar-refractivity contribution is 5.55. The van der Waals surface area contributed by atoms with Gasteiger partial charge in [-0.1, -0.05) is 19.3 Å². The zero-order valence-corrected chi connectivity index (χ0v) is 7.01. The molecule has 0 heterocycles. The van der Waals surface area contributed by atoms with Crippen molar-refractivity contribution in [3.05, 3.63) is 0 Å². The maximum Gasteiger partial charge on any atom is 0.123 e. The van der Waals surface area contributed by atoms with Crippen LogP contribution >= 0.6 is 0 Å². The highest BCUT2D eigenvalue weighted by Gasteiger charge is 2.44. The van der Waals surface area contributed by atoms with E-state index in [0.29, 0.717) is 11.3 Å². The molecule has 2 rings (SSSR count). The predicted molar refractivity (Wildman–Crippen MR) is 44.3 cm³/mol. The average molecular weight is 152 g/mol. The van der Waals surface area contributed by atoms with Crippen molar-refractivity contribution < 1.29 is 4.79 Å². The van der Waals surface area contributed by atoms with Crippen molar-refractivity contribution in [1.29, 1.82) is 0 Å². The Hall–Kier alpha value is -0.330. The van der Waals surface area contributed by atoms with Crippen LogP contribution in [0.4, 0.5) is 0 Å². The molecular formula is C10H16O. The molecule has 1 heteroatoms. The smallest absolute Gasteiger partial charge is 0.123 e. The third kappa shape index (κ3) is 1.02. The molecule has 0 aromatic heterocycles. The molecular weight excluding hydrogens is 136 g/mol. The van der Waals surface area contributed by atoms with Crippen molar-refractivity contribution in [2.45, 2.75) is 44.9 Å². The van der Waals surface area contributed by atoms with E-state index in [0.717, 1.165) is 0 Å². The number of carbonyl (C=O) groups is 1. The van der Waals surface area contributed by atoms with Gasteiger partial charge < -0.3 is 4.79 Å². The minimum absolute atomic E-state index is 0.421. The van der Waals surface area contributed by atoms with Crippen LogP contribution in [-0.4, -0.2) is 6.29 Å².